The summed E-state index contributed by atoms with van der Waals surface area (Å²) in [6, 6.07) is 11.4. The molecule has 5 nitrogen and oxygen atoms in total. The standard InChI is InChI=1S/C22H27N3O2/c1-16-8-6-7-9-18(16)15-24-21(26)17-12-13-23-20(14-17)22(27)25-19-10-4-2-3-5-11-19/h6-9,12-14,19H,2-5,10-11,15H2,1H3,(H,24,26)(H,25,27). The molecule has 0 saturated heterocycles. The van der Waals surface area contributed by atoms with Crippen LogP contribution in [0, 0.1) is 6.92 Å². The van der Waals surface area contributed by atoms with Crippen molar-refractivity contribution in [1.29, 1.82) is 0 Å². The molecule has 0 unspecified atom stereocenters. The fourth-order valence-corrected chi connectivity index (χ4v) is 3.46. The second kappa shape index (κ2) is 9.31. The van der Waals surface area contributed by atoms with Crippen LogP contribution in [0.5, 0.6) is 0 Å². The molecule has 0 radical (unpaired) electrons. The molecule has 27 heavy (non-hydrogen) atoms. The van der Waals surface area contributed by atoms with Crippen molar-refractivity contribution in [3.8, 4) is 0 Å². The predicted molar refractivity (Wildman–Crippen MR) is 106 cm³/mol. The van der Waals surface area contributed by atoms with Gasteiger partial charge in [0.2, 0.25) is 0 Å². The molecule has 0 bridgehead atoms. The van der Waals surface area contributed by atoms with Gasteiger partial charge in [0.1, 0.15) is 5.69 Å². The lowest BCUT2D eigenvalue weighted by atomic mass is 10.1. The highest BCUT2D eigenvalue weighted by Gasteiger charge is 2.17. The third-order valence-corrected chi connectivity index (χ3v) is 5.15. The highest BCUT2D eigenvalue weighted by Crippen LogP contribution is 2.17. The normalized spacial score (nSPS) is 15.0. The van der Waals surface area contributed by atoms with Gasteiger partial charge in [-0.25, -0.2) is 0 Å². The number of hydrogen-bond donors (Lipinski definition) is 2. The van der Waals surface area contributed by atoms with Gasteiger partial charge in [-0.05, 0) is 43.0 Å². The first-order valence-corrected chi connectivity index (χ1v) is 9.73. The van der Waals surface area contributed by atoms with Crippen LogP contribution in [-0.4, -0.2) is 22.8 Å². The molecule has 142 valence electrons. The largest absolute Gasteiger partial charge is 0.348 e. The number of rotatable bonds is 5. The zero-order valence-electron chi connectivity index (χ0n) is 15.8. The average molecular weight is 365 g/mol. The van der Waals surface area contributed by atoms with Gasteiger partial charge in [0.15, 0.2) is 0 Å². The maximum atomic E-state index is 12.5. The van der Waals surface area contributed by atoms with Gasteiger partial charge in [0, 0.05) is 24.3 Å². The van der Waals surface area contributed by atoms with E-state index < -0.39 is 0 Å². The molecule has 1 aliphatic carbocycles. The van der Waals surface area contributed by atoms with Crippen LogP contribution in [0.15, 0.2) is 42.6 Å². The van der Waals surface area contributed by atoms with E-state index in [-0.39, 0.29) is 17.9 Å². The Balaban J connectivity index is 1.61. The smallest absolute Gasteiger partial charge is 0.270 e. The SMILES string of the molecule is Cc1ccccc1CNC(=O)c1ccnc(C(=O)NC2CCCCCC2)c1. The van der Waals surface area contributed by atoms with Crippen molar-refractivity contribution in [2.24, 2.45) is 0 Å². The van der Waals surface area contributed by atoms with E-state index in [0.717, 1.165) is 36.8 Å². The molecule has 1 aliphatic rings. The lowest BCUT2D eigenvalue weighted by molar-refractivity contribution is 0.0928. The van der Waals surface area contributed by atoms with Gasteiger partial charge in [-0.2, -0.15) is 0 Å². The van der Waals surface area contributed by atoms with Crippen LogP contribution >= 0.6 is 0 Å². The van der Waals surface area contributed by atoms with Crippen LogP contribution in [0.3, 0.4) is 0 Å². The summed E-state index contributed by atoms with van der Waals surface area (Å²) in [6.45, 7) is 2.47. The van der Waals surface area contributed by atoms with Crippen LogP contribution in [0.25, 0.3) is 0 Å². The third kappa shape index (κ3) is 5.39. The summed E-state index contributed by atoms with van der Waals surface area (Å²) in [6.07, 6.45) is 8.33. The first-order chi connectivity index (χ1) is 13.1. The second-order valence-electron chi connectivity index (χ2n) is 7.20. The summed E-state index contributed by atoms with van der Waals surface area (Å²) in [5, 5.41) is 5.99. The van der Waals surface area contributed by atoms with Crippen molar-refractivity contribution in [2.45, 2.75) is 58.0 Å². The van der Waals surface area contributed by atoms with Gasteiger partial charge in [-0.1, -0.05) is 49.9 Å². The fraction of sp³-hybridized carbons (Fsp3) is 0.409. The summed E-state index contributed by atoms with van der Waals surface area (Å²) in [5.41, 5.74) is 2.95. The van der Waals surface area contributed by atoms with E-state index in [4.69, 9.17) is 0 Å². The maximum Gasteiger partial charge on any atom is 0.270 e. The Morgan fingerprint density at radius 1 is 1.04 bits per heavy atom. The summed E-state index contributed by atoms with van der Waals surface area (Å²) >= 11 is 0. The second-order valence-corrected chi connectivity index (χ2v) is 7.20. The summed E-state index contributed by atoms with van der Waals surface area (Å²) in [5.74, 6) is -0.403. The summed E-state index contributed by atoms with van der Waals surface area (Å²) in [7, 11) is 0. The Hall–Kier alpha value is -2.69. The van der Waals surface area contributed by atoms with E-state index in [9.17, 15) is 9.59 Å². The van der Waals surface area contributed by atoms with E-state index >= 15 is 0 Å². The Bertz CT molecular complexity index is 796. The molecule has 3 rings (SSSR count). The fourth-order valence-electron chi connectivity index (χ4n) is 3.46. The van der Waals surface area contributed by atoms with Crippen molar-refractivity contribution in [1.82, 2.24) is 15.6 Å². The number of aromatic nitrogens is 1. The zero-order valence-corrected chi connectivity index (χ0v) is 15.8. The van der Waals surface area contributed by atoms with Gasteiger partial charge in [-0.3, -0.25) is 14.6 Å². The number of hydrogen-bond acceptors (Lipinski definition) is 3. The number of pyridine rings is 1. The first-order valence-electron chi connectivity index (χ1n) is 9.73. The Labute approximate surface area is 160 Å². The molecular weight excluding hydrogens is 338 g/mol. The van der Waals surface area contributed by atoms with E-state index in [1.54, 1.807) is 12.1 Å². The number of nitrogens with zero attached hydrogens (tertiary/aromatic N) is 1. The molecule has 5 heteroatoms. The van der Waals surface area contributed by atoms with Gasteiger partial charge in [0.25, 0.3) is 11.8 Å². The van der Waals surface area contributed by atoms with E-state index in [2.05, 4.69) is 15.6 Å². The number of carbonyl (C=O) groups is 2. The summed E-state index contributed by atoms with van der Waals surface area (Å²) < 4.78 is 0. The van der Waals surface area contributed by atoms with Crippen LogP contribution in [-0.2, 0) is 6.54 Å². The molecule has 1 fully saturated rings. The molecule has 0 spiro atoms. The van der Waals surface area contributed by atoms with Crippen molar-refractivity contribution in [3.63, 3.8) is 0 Å². The molecule has 1 aromatic carbocycles. The minimum Gasteiger partial charge on any atom is -0.348 e. The van der Waals surface area contributed by atoms with E-state index in [0.29, 0.717) is 17.8 Å². The van der Waals surface area contributed by atoms with Crippen molar-refractivity contribution in [3.05, 3.63) is 65.0 Å². The van der Waals surface area contributed by atoms with Crippen molar-refractivity contribution in [2.75, 3.05) is 0 Å². The molecule has 2 N–H and O–H groups in total. The first kappa shape index (κ1) is 19.1. The van der Waals surface area contributed by atoms with Crippen molar-refractivity contribution >= 4 is 11.8 Å². The van der Waals surface area contributed by atoms with Crippen LogP contribution in [0.4, 0.5) is 0 Å². The molecule has 2 aromatic rings. The Morgan fingerprint density at radius 3 is 2.52 bits per heavy atom. The van der Waals surface area contributed by atoms with Gasteiger partial charge in [0.05, 0.1) is 0 Å². The molecule has 1 aromatic heterocycles. The van der Waals surface area contributed by atoms with Crippen LogP contribution < -0.4 is 10.6 Å². The van der Waals surface area contributed by atoms with E-state index in [1.807, 2.05) is 31.2 Å². The average Bonchev–Trinajstić information content (AvgIpc) is 2.96. The van der Waals surface area contributed by atoms with Gasteiger partial charge in [-0.15, -0.1) is 0 Å². The van der Waals surface area contributed by atoms with Crippen LogP contribution in [0.2, 0.25) is 0 Å². The number of carbonyl (C=O) groups excluding carboxylic acids is 2. The number of amides is 2. The molecule has 0 aliphatic heterocycles. The monoisotopic (exact) mass is 365 g/mol. The third-order valence-electron chi connectivity index (χ3n) is 5.15. The maximum absolute atomic E-state index is 12.5. The minimum atomic E-state index is -0.204. The van der Waals surface area contributed by atoms with Crippen molar-refractivity contribution < 1.29 is 9.59 Å². The highest BCUT2D eigenvalue weighted by atomic mass is 16.2. The topological polar surface area (TPSA) is 71.1 Å². The number of aryl methyl sites for hydroxylation is 1. The Morgan fingerprint density at radius 2 is 1.78 bits per heavy atom. The van der Waals surface area contributed by atoms with Crippen LogP contribution in [0.1, 0.15) is 70.5 Å². The number of nitrogens with one attached hydrogen (secondary N) is 2. The molecule has 0 atom stereocenters. The quantitative estimate of drug-likeness (QED) is 0.792. The lowest BCUT2D eigenvalue weighted by Crippen LogP contribution is -2.35. The molecular formula is C22H27N3O2. The number of benzene rings is 1. The van der Waals surface area contributed by atoms with Gasteiger partial charge < -0.3 is 10.6 Å². The summed E-state index contributed by atoms with van der Waals surface area (Å²) in [4.78, 5) is 29.1. The molecule has 1 heterocycles. The molecule has 2 amide bonds. The van der Waals surface area contributed by atoms with Gasteiger partial charge >= 0.3 is 0 Å². The highest BCUT2D eigenvalue weighted by molar-refractivity contribution is 5.98. The predicted octanol–water partition coefficient (Wildman–Crippen LogP) is 3.77. The Kier molecular flexibility index (Phi) is 6.58. The minimum absolute atomic E-state index is 0.199. The van der Waals surface area contributed by atoms with E-state index in [1.165, 1.54) is 19.0 Å². The lowest BCUT2D eigenvalue weighted by Gasteiger charge is -2.16. The zero-order chi connectivity index (χ0) is 19.1. The molecule has 1 saturated carbocycles.